The van der Waals surface area contributed by atoms with E-state index in [1.54, 1.807) is 11.3 Å². The summed E-state index contributed by atoms with van der Waals surface area (Å²) in [5.41, 5.74) is 3.81. The number of hydrogen-bond donors (Lipinski definition) is 0. The van der Waals surface area contributed by atoms with Gasteiger partial charge in [0.15, 0.2) is 0 Å². The third kappa shape index (κ3) is 2.56. The Bertz CT molecular complexity index is 653. The van der Waals surface area contributed by atoms with E-state index in [4.69, 9.17) is 4.98 Å². The van der Waals surface area contributed by atoms with Crippen molar-refractivity contribution in [2.75, 3.05) is 0 Å². The fourth-order valence-electron chi connectivity index (χ4n) is 2.47. The third-order valence-electron chi connectivity index (χ3n) is 3.41. The highest BCUT2D eigenvalue weighted by molar-refractivity contribution is 7.07. The lowest BCUT2D eigenvalue weighted by molar-refractivity contribution is 0.659. The quantitative estimate of drug-likeness (QED) is 0.676. The first-order chi connectivity index (χ1) is 9.38. The van der Waals surface area contributed by atoms with Gasteiger partial charge >= 0.3 is 0 Å². The summed E-state index contributed by atoms with van der Waals surface area (Å²) < 4.78 is 2.39. The summed E-state index contributed by atoms with van der Waals surface area (Å²) in [6.07, 6.45) is 3.28. The summed E-state index contributed by atoms with van der Waals surface area (Å²) in [5, 5.41) is 4.38. The normalized spacial score (nSPS) is 11.2. The number of imidazole rings is 1. The molecule has 0 aliphatic heterocycles. The van der Waals surface area contributed by atoms with Gasteiger partial charge in [-0.1, -0.05) is 19.1 Å². The zero-order valence-corrected chi connectivity index (χ0v) is 12.0. The van der Waals surface area contributed by atoms with E-state index in [0.717, 1.165) is 31.3 Å². The summed E-state index contributed by atoms with van der Waals surface area (Å²) in [5.74, 6) is 1.22. The minimum absolute atomic E-state index is 1.02. The Morgan fingerprint density at radius 2 is 2.05 bits per heavy atom. The zero-order chi connectivity index (χ0) is 13.1. The van der Waals surface area contributed by atoms with Crippen molar-refractivity contribution < 1.29 is 0 Å². The van der Waals surface area contributed by atoms with Crippen LogP contribution >= 0.6 is 11.3 Å². The van der Waals surface area contributed by atoms with E-state index in [1.807, 2.05) is 0 Å². The molecule has 0 bridgehead atoms. The standard InChI is InChI=1S/C16H18N2S/c1-2-5-16-17-14-6-3-4-7-15(14)18(16)10-8-13-9-11-19-12-13/h3-4,6-7,9,11-12H,2,5,8,10H2,1H3. The molecule has 0 unspecified atom stereocenters. The van der Waals surface area contributed by atoms with Crippen molar-refractivity contribution >= 4 is 22.4 Å². The number of thiophene rings is 1. The van der Waals surface area contributed by atoms with Crippen LogP contribution in [0.1, 0.15) is 24.7 Å². The molecular formula is C16H18N2S. The van der Waals surface area contributed by atoms with Crippen LogP contribution in [0.3, 0.4) is 0 Å². The SMILES string of the molecule is CCCc1nc2ccccc2n1CCc1ccsc1. The molecule has 0 saturated carbocycles. The highest BCUT2D eigenvalue weighted by atomic mass is 32.1. The number of aryl methyl sites for hydroxylation is 3. The largest absolute Gasteiger partial charge is 0.328 e. The van der Waals surface area contributed by atoms with Gasteiger partial charge in [-0.05, 0) is 47.4 Å². The number of fused-ring (bicyclic) bond motifs is 1. The molecule has 0 spiro atoms. The van der Waals surface area contributed by atoms with Crippen molar-refractivity contribution in [3.63, 3.8) is 0 Å². The van der Waals surface area contributed by atoms with Crippen LogP contribution < -0.4 is 0 Å². The van der Waals surface area contributed by atoms with Gasteiger partial charge in [0.1, 0.15) is 5.82 Å². The Morgan fingerprint density at radius 1 is 1.16 bits per heavy atom. The molecule has 0 N–H and O–H groups in total. The van der Waals surface area contributed by atoms with Gasteiger partial charge < -0.3 is 4.57 Å². The molecule has 2 nitrogen and oxygen atoms in total. The molecule has 98 valence electrons. The van der Waals surface area contributed by atoms with Crippen LogP contribution in [0.5, 0.6) is 0 Å². The van der Waals surface area contributed by atoms with E-state index < -0.39 is 0 Å². The molecular weight excluding hydrogens is 252 g/mol. The van der Waals surface area contributed by atoms with E-state index in [0.29, 0.717) is 0 Å². The minimum Gasteiger partial charge on any atom is -0.328 e. The second-order valence-electron chi connectivity index (χ2n) is 4.80. The lowest BCUT2D eigenvalue weighted by Crippen LogP contribution is -2.05. The number of nitrogens with zero attached hydrogens (tertiary/aromatic N) is 2. The van der Waals surface area contributed by atoms with Gasteiger partial charge in [0, 0.05) is 13.0 Å². The van der Waals surface area contributed by atoms with Gasteiger partial charge in [-0.15, -0.1) is 0 Å². The number of rotatable bonds is 5. The zero-order valence-electron chi connectivity index (χ0n) is 11.2. The van der Waals surface area contributed by atoms with Crippen molar-refractivity contribution in [3.05, 3.63) is 52.5 Å². The van der Waals surface area contributed by atoms with Gasteiger partial charge in [-0.2, -0.15) is 11.3 Å². The predicted molar refractivity (Wildman–Crippen MR) is 81.8 cm³/mol. The van der Waals surface area contributed by atoms with E-state index >= 15 is 0 Å². The topological polar surface area (TPSA) is 17.8 Å². The third-order valence-corrected chi connectivity index (χ3v) is 4.14. The summed E-state index contributed by atoms with van der Waals surface area (Å²) in [6, 6.07) is 10.7. The summed E-state index contributed by atoms with van der Waals surface area (Å²) >= 11 is 1.77. The Labute approximate surface area is 117 Å². The van der Waals surface area contributed by atoms with Crippen LogP contribution in [-0.2, 0) is 19.4 Å². The Hall–Kier alpha value is -1.61. The van der Waals surface area contributed by atoms with E-state index in [-0.39, 0.29) is 0 Å². The summed E-state index contributed by atoms with van der Waals surface area (Å²) in [7, 11) is 0. The van der Waals surface area contributed by atoms with E-state index in [1.165, 1.54) is 16.9 Å². The van der Waals surface area contributed by atoms with Gasteiger partial charge in [0.2, 0.25) is 0 Å². The van der Waals surface area contributed by atoms with Gasteiger partial charge in [-0.3, -0.25) is 0 Å². The van der Waals surface area contributed by atoms with Crippen molar-refractivity contribution in [3.8, 4) is 0 Å². The fourth-order valence-corrected chi connectivity index (χ4v) is 3.17. The van der Waals surface area contributed by atoms with Crippen LogP contribution in [0.4, 0.5) is 0 Å². The molecule has 0 amide bonds. The predicted octanol–water partition coefficient (Wildman–Crippen LogP) is 4.29. The first-order valence-corrected chi connectivity index (χ1v) is 7.78. The maximum absolute atomic E-state index is 4.77. The van der Waals surface area contributed by atoms with Crippen LogP contribution in [0.25, 0.3) is 11.0 Å². The fraction of sp³-hybridized carbons (Fsp3) is 0.312. The number of benzene rings is 1. The Kier molecular flexibility index (Phi) is 3.65. The van der Waals surface area contributed by atoms with E-state index in [9.17, 15) is 0 Å². The maximum atomic E-state index is 4.77. The number of hydrogen-bond acceptors (Lipinski definition) is 2. The Morgan fingerprint density at radius 3 is 2.84 bits per heavy atom. The van der Waals surface area contributed by atoms with Crippen LogP contribution in [0.2, 0.25) is 0 Å². The molecule has 0 aliphatic carbocycles. The van der Waals surface area contributed by atoms with Crippen molar-refractivity contribution in [1.82, 2.24) is 9.55 Å². The molecule has 19 heavy (non-hydrogen) atoms. The van der Waals surface area contributed by atoms with Gasteiger partial charge in [0.25, 0.3) is 0 Å². The van der Waals surface area contributed by atoms with Crippen molar-refractivity contribution in [2.24, 2.45) is 0 Å². The highest BCUT2D eigenvalue weighted by Gasteiger charge is 2.09. The van der Waals surface area contributed by atoms with Crippen LogP contribution in [0.15, 0.2) is 41.1 Å². The maximum Gasteiger partial charge on any atom is 0.109 e. The number of aromatic nitrogens is 2. The smallest absolute Gasteiger partial charge is 0.109 e. The van der Waals surface area contributed by atoms with E-state index in [2.05, 4.69) is 52.6 Å². The molecule has 0 fully saturated rings. The molecule has 2 aromatic heterocycles. The van der Waals surface area contributed by atoms with Gasteiger partial charge in [0.05, 0.1) is 11.0 Å². The summed E-state index contributed by atoms with van der Waals surface area (Å²) in [4.78, 5) is 4.77. The molecule has 3 heteroatoms. The molecule has 2 heterocycles. The first-order valence-electron chi connectivity index (χ1n) is 6.83. The highest BCUT2D eigenvalue weighted by Crippen LogP contribution is 2.18. The molecule has 0 atom stereocenters. The molecule has 0 aliphatic rings. The minimum atomic E-state index is 1.02. The van der Waals surface area contributed by atoms with Crippen molar-refractivity contribution in [1.29, 1.82) is 0 Å². The monoisotopic (exact) mass is 270 g/mol. The molecule has 0 saturated heterocycles. The second-order valence-corrected chi connectivity index (χ2v) is 5.58. The first kappa shape index (κ1) is 12.4. The number of para-hydroxylation sites is 2. The molecule has 3 aromatic rings. The second kappa shape index (κ2) is 5.57. The Balaban J connectivity index is 1.92. The average Bonchev–Trinajstić information content (AvgIpc) is 3.04. The van der Waals surface area contributed by atoms with Crippen molar-refractivity contribution in [2.45, 2.75) is 32.7 Å². The molecule has 1 aromatic carbocycles. The summed E-state index contributed by atoms with van der Waals surface area (Å²) in [6.45, 7) is 3.23. The molecule has 3 rings (SSSR count). The molecule has 0 radical (unpaired) electrons. The van der Waals surface area contributed by atoms with Crippen LogP contribution in [-0.4, -0.2) is 9.55 Å². The van der Waals surface area contributed by atoms with Gasteiger partial charge in [-0.25, -0.2) is 4.98 Å². The lowest BCUT2D eigenvalue weighted by atomic mass is 10.2. The van der Waals surface area contributed by atoms with Crippen LogP contribution in [0, 0.1) is 0 Å². The lowest BCUT2D eigenvalue weighted by Gasteiger charge is -2.08. The average molecular weight is 270 g/mol.